The Labute approximate surface area is 151 Å². The quantitative estimate of drug-likeness (QED) is 0.697. The van der Waals surface area contributed by atoms with Gasteiger partial charge in [0, 0.05) is 5.69 Å². The number of hydrogen-bond donors (Lipinski definition) is 0. The Balaban J connectivity index is 1.66. The van der Waals surface area contributed by atoms with Gasteiger partial charge in [-0.3, -0.25) is 4.79 Å². The minimum absolute atomic E-state index is 0.00591. The van der Waals surface area contributed by atoms with Gasteiger partial charge in [-0.1, -0.05) is 35.5 Å². The van der Waals surface area contributed by atoms with Gasteiger partial charge in [0.05, 0.1) is 23.1 Å². The van der Waals surface area contributed by atoms with Gasteiger partial charge in [-0.25, -0.2) is 13.1 Å². The lowest BCUT2D eigenvalue weighted by Crippen LogP contribution is -2.43. The van der Waals surface area contributed by atoms with Gasteiger partial charge in [-0.15, -0.1) is 5.10 Å². The molecule has 1 atom stereocenters. The molecule has 2 aromatic carbocycles. The zero-order valence-corrected chi connectivity index (χ0v) is 14.8. The third kappa shape index (κ3) is 3.20. The first kappa shape index (κ1) is 16.7. The molecular weight excluding hydrogens is 352 g/mol. The highest BCUT2D eigenvalue weighted by molar-refractivity contribution is 7.91. The Morgan fingerprint density at radius 1 is 1.12 bits per heavy atom. The molecule has 0 N–H and O–H groups in total. The first-order valence-electron chi connectivity index (χ1n) is 8.39. The van der Waals surface area contributed by atoms with Crippen molar-refractivity contribution in [3.63, 3.8) is 0 Å². The van der Waals surface area contributed by atoms with E-state index in [1.54, 1.807) is 9.58 Å². The molecule has 26 heavy (non-hydrogen) atoms. The lowest BCUT2D eigenvalue weighted by atomic mass is 10.1. The molecule has 1 fully saturated rings. The van der Waals surface area contributed by atoms with E-state index in [-0.39, 0.29) is 30.0 Å². The van der Waals surface area contributed by atoms with Crippen LogP contribution >= 0.6 is 0 Å². The SMILES string of the molecule is O=C(Cn1nnc2ccccc21)N(c1ccccc1)[C@H]1CCS(=O)(=O)C1. The fourth-order valence-corrected chi connectivity index (χ4v) is 5.06. The van der Waals surface area contributed by atoms with Gasteiger partial charge in [-0.2, -0.15) is 0 Å². The summed E-state index contributed by atoms with van der Waals surface area (Å²) in [4.78, 5) is 14.7. The number of hydrogen-bond acceptors (Lipinski definition) is 5. The second kappa shape index (κ2) is 6.53. The van der Waals surface area contributed by atoms with Crippen molar-refractivity contribution in [2.75, 3.05) is 16.4 Å². The van der Waals surface area contributed by atoms with Crippen molar-refractivity contribution in [1.82, 2.24) is 15.0 Å². The van der Waals surface area contributed by atoms with Crippen LogP contribution in [0.3, 0.4) is 0 Å². The van der Waals surface area contributed by atoms with E-state index in [4.69, 9.17) is 0 Å². The molecule has 0 unspecified atom stereocenters. The van der Waals surface area contributed by atoms with Crippen LogP contribution in [0, 0.1) is 0 Å². The molecule has 8 heteroatoms. The second-order valence-electron chi connectivity index (χ2n) is 6.39. The van der Waals surface area contributed by atoms with Crippen LogP contribution in [-0.2, 0) is 21.2 Å². The maximum absolute atomic E-state index is 13.1. The molecule has 0 bridgehead atoms. The number of carbonyl (C=O) groups excluding carboxylic acids is 1. The topological polar surface area (TPSA) is 85.2 Å². The van der Waals surface area contributed by atoms with Crippen LogP contribution in [0.25, 0.3) is 11.0 Å². The van der Waals surface area contributed by atoms with E-state index >= 15 is 0 Å². The first-order chi connectivity index (χ1) is 12.5. The van der Waals surface area contributed by atoms with Crippen LogP contribution in [0.4, 0.5) is 5.69 Å². The van der Waals surface area contributed by atoms with Crippen molar-refractivity contribution in [1.29, 1.82) is 0 Å². The number of anilines is 1. The normalized spacial score (nSPS) is 18.8. The van der Waals surface area contributed by atoms with Crippen LogP contribution in [0.15, 0.2) is 54.6 Å². The average Bonchev–Trinajstić information content (AvgIpc) is 3.20. The molecule has 1 aromatic heterocycles. The molecule has 1 amide bonds. The van der Waals surface area contributed by atoms with Crippen LogP contribution in [0.1, 0.15) is 6.42 Å². The summed E-state index contributed by atoms with van der Waals surface area (Å²) in [7, 11) is -3.11. The number of aromatic nitrogens is 3. The second-order valence-corrected chi connectivity index (χ2v) is 8.62. The minimum Gasteiger partial charge on any atom is -0.307 e. The number of sulfone groups is 1. The fraction of sp³-hybridized carbons (Fsp3) is 0.278. The third-order valence-electron chi connectivity index (χ3n) is 4.58. The maximum Gasteiger partial charge on any atom is 0.249 e. The van der Waals surface area contributed by atoms with Crippen LogP contribution < -0.4 is 4.90 Å². The molecule has 7 nitrogen and oxygen atoms in total. The summed E-state index contributed by atoms with van der Waals surface area (Å²) in [5.41, 5.74) is 2.19. The number of rotatable bonds is 4. The highest BCUT2D eigenvalue weighted by Crippen LogP contribution is 2.25. The molecule has 1 aliphatic heterocycles. The Morgan fingerprint density at radius 3 is 2.58 bits per heavy atom. The molecular formula is C18H18N4O3S. The van der Waals surface area contributed by atoms with Crippen LogP contribution in [0.2, 0.25) is 0 Å². The number of carbonyl (C=O) groups is 1. The van der Waals surface area contributed by atoms with Gasteiger partial charge in [0.25, 0.3) is 0 Å². The largest absolute Gasteiger partial charge is 0.307 e. The van der Waals surface area contributed by atoms with Crippen molar-refractivity contribution >= 4 is 32.5 Å². The molecule has 1 aliphatic rings. The van der Waals surface area contributed by atoms with Gasteiger partial charge in [0.15, 0.2) is 9.84 Å². The van der Waals surface area contributed by atoms with Crippen LogP contribution in [0.5, 0.6) is 0 Å². The summed E-state index contributed by atoms with van der Waals surface area (Å²) in [6.07, 6.45) is 0.446. The van der Waals surface area contributed by atoms with Gasteiger partial charge >= 0.3 is 0 Å². The summed E-state index contributed by atoms with van der Waals surface area (Å²) in [5, 5.41) is 8.14. The van der Waals surface area contributed by atoms with Crippen LogP contribution in [-0.4, -0.2) is 46.9 Å². The van der Waals surface area contributed by atoms with Crippen molar-refractivity contribution in [3.8, 4) is 0 Å². The summed E-state index contributed by atoms with van der Waals surface area (Å²) < 4.78 is 25.4. The van der Waals surface area contributed by atoms with Gasteiger partial charge < -0.3 is 4.90 Å². The molecule has 0 aliphatic carbocycles. The smallest absolute Gasteiger partial charge is 0.249 e. The zero-order valence-electron chi connectivity index (χ0n) is 14.0. The highest BCUT2D eigenvalue weighted by atomic mass is 32.2. The van der Waals surface area contributed by atoms with E-state index in [1.165, 1.54) is 0 Å². The zero-order chi connectivity index (χ0) is 18.1. The summed E-state index contributed by atoms with van der Waals surface area (Å²) in [6, 6.07) is 16.2. The van der Waals surface area contributed by atoms with Crippen molar-refractivity contribution in [3.05, 3.63) is 54.6 Å². The van der Waals surface area contributed by atoms with E-state index < -0.39 is 9.84 Å². The van der Waals surface area contributed by atoms with E-state index in [1.807, 2.05) is 54.6 Å². The molecule has 1 saturated heterocycles. The lowest BCUT2D eigenvalue weighted by Gasteiger charge is -2.28. The molecule has 0 spiro atoms. The third-order valence-corrected chi connectivity index (χ3v) is 6.33. The fourth-order valence-electron chi connectivity index (χ4n) is 3.36. The number of para-hydroxylation sites is 2. The van der Waals surface area contributed by atoms with E-state index in [9.17, 15) is 13.2 Å². The molecule has 4 rings (SSSR count). The molecule has 0 saturated carbocycles. The first-order valence-corrected chi connectivity index (χ1v) is 10.2. The van der Waals surface area contributed by atoms with Gasteiger partial charge in [0.1, 0.15) is 12.1 Å². The highest BCUT2D eigenvalue weighted by Gasteiger charge is 2.35. The Morgan fingerprint density at radius 2 is 1.85 bits per heavy atom. The van der Waals surface area contributed by atoms with Crippen molar-refractivity contribution in [2.24, 2.45) is 0 Å². The molecule has 2 heterocycles. The number of nitrogens with zero attached hydrogens (tertiary/aromatic N) is 4. The maximum atomic E-state index is 13.1. The Bertz CT molecular complexity index is 1050. The number of amides is 1. The van der Waals surface area contributed by atoms with Crippen molar-refractivity contribution < 1.29 is 13.2 Å². The Kier molecular flexibility index (Phi) is 4.20. The summed E-state index contributed by atoms with van der Waals surface area (Å²) in [6.45, 7) is 0.00591. The predicted molar refractivity (Wildman–Crippen MR) is 98.5 cm³/mol. The Hall–Kier alpha value is -2.74. The van der Waals surface area contributed by atoms with E-state index in [2.05, 4.69) is 10.3 Å². The molecule has 3 aromatic rings. The molecule has 0 radical (unpaired) electrons. The van der Waals surface area contributed by atoms with E-state index in [0.717, 1.165) is 11.0 Å². The lowest BCUT2D eigenvalue weighted by molar-refractivity contribution is -0.119. The van der Waals surface area contributed by atoms with E-state index in [0.29, 0.717) is 12.1 Å². The average molecular weight is 370 g/mol. The van der Waals surface area contributed by atoms with Gasteiger partial charge in [-0.05, 0) is 30.7 Å². The van der Waals surface area contributed by atoms with Gasteiger partial charge in [0.2, 0.25) is 5.91 Å². The van der Waals surface area contributed by atoms with Crippen molar-refractivity contribution in [2.45, 2.75) is 19.0 Å². The summed E-state index contributed by atoms with van der Waals surface area (Å²) in [5.74, 6) is -0.0966. The predicted octanol–water partition coefficient (Wildman–Crippen LogP) is 1.65. The standard InChI is InChI=1S/C18H18N4O3S/c23-18(12-21-17-9-5-4-8-16(17)19-20-21)22(14-6-2-1-3-7-14)15-10-11-26(24,25)13-15/h1-9,15H,10-13H2/t15-/m0/s1. The monoisotopic (exact) mass is 370 g/mol. The number of fused-ring (bicyclic) bond motifs is 1. The summed E-state index contributed by atoms with van der Waals surface area (Å²) >= 11 is 0. The minimum atomic E-state index is -3.11. The molecule has 134 valence electrons. The number of benzene rings is 2.